The molecule has 0 radical (unpaired) electrons. The normalized spacial score (nSPS) is 12.5. The molecule has 0 aliphatic heterocycles. The second kappa shape index (κ2) is 6.60. The van der Waals surface area contributed by atoms with Crippen molar-refractivity contribution in [1.82, 2.24) is 0 Å². The molecule has 0 aromatic heterocycles. The third-order valence-corrected chi connectivity index (χ3v) is 5.44. The van der Waals surface area contributed by atoms with Gasteiger partial charge in [-0.25, -0.2) is 0 Å². The van der Waals surface area contributed by atoms with Gasteiger partial charge in [-0.2, -0.15) is 0 Å². The Bertz CT molecular complexity index is 793. The third-order valence-electron chi connectivity index (χ3n) is 4.36. The number of hydrogen-bond acceptors (Lipinski definition) is 3. The van der Waals surface area contributed by atoms with Gasteiger partial charge in [-0.3, -0.25) is 0 Å². The second-order valence-electron chi connectivity index (χ2n) is 8.90. The van der Waals surface area contributed by atoms with Crippen LogP contribution in [-0.2, 0) is 10.8 Å². The Kier molecular flexibility index (Phi) is 5.21. The molecular formula is C22H30O2S. The van der Waals surface area contributed by atoms with E-state index in [4.69, 9.17) is 0 Å². The lowest BCUT2D eigenvalue weighted by atomic mass is 9.84. The van der Waals surface area contributed by atoms with Crippen LogP contribution in [0.4, 0.5) is 0 Å². The fourth-order valence-electron chi connectivity index (χ4n) is 3.07. The average molecular weight is 359 g/mol. The van der Waals surface area contributed by atoms with Gasteiger partial charge in [-0.05, 0) is 59.6 Å². The number of phenols is 2. The van der Waals surface area contributed by atoms with E-state index >= 15 is 0 Å². The zero-order valence-corrected chi connectivity index (χ0v) is 17.4. The summed E-state index contributed by atoms with van der Waals surface area (Å²) in [5.74, 6) is 0.568. The van der Waals surface area contributed by atoms with Crippen LogP contribution in [0.25, 0.3) is 0 Å². The first kappa shape index (κ1) is 19.7. The molecule has 0 fully saturated rings. The predicted molar refractivity (Wildman–Crippen MR) is 107 cm³/mol. The van der Waals surface area contributed by atoms with Crippen LogP contribution >= 0.6 is 11.8 Å². The topological polar surface area (TPSA) is 40.5 Å². The Morgan fingerprint density at radius 3 is 1.80 bits per heavy atom. The first-order valence-corrected chi connectivity index (χ1v) is 9.48. The smallest absolute Gasteiger partial charge is 0.133 e. The molecule has 2 aromatic carbocycles. The van der Waals surface area contributed by atoms with Crippen molar-refractivity contribution >= 4 is 11.8 Å². The van der Waals surface area contributed by atoms with E-state index in [1.165, 1.54) is 11.8 Å². The summed E-state index contributed by atoms with van der Waals surface area (Å²) >= 11 is 1.42. The molecule has 0 saturated heterocycles. The molecule has 2 rings (SSSR count). The van der Waals surface area contributed by atoms with Crippen molar-refractivity contribution in [3.63, 3.8) is 0 Å². The van der Waals surface area contributed by atoms with E-state index in [9.17, 15) is 10.2 Å². The van der Waals surface area contributed by atoms with Gasteiger partial charge >= 0.3 is 0 Å². The van der Waals surface area contributed by atoms with Crippen molar-refractivity contribution in [2.75, 3.05) is 0 Å². The molecule has 0 bridgehead atoms. The zero-order chi connectivity index (χ0) is 19.2. The van der Waals surface area contributed by atoms with Crippen LogP contribution in [0, 0.1) is 13.8 Å². The first-order valence-electron chi connectivity index (χ1n) is 8.66. The van der Waals surface area contributed by atoms with Crippen molar-refractivity contribution in [3.05, 3.63) is 46.5 Å². The molecule has 0 heterocycles. The molecule has 0 unspecified atom stereocenters. The number of phenolic OH excluding ortho intramolecular Hbond substituents is 2. The van der Waals surface area contributed by atoms with Crippen LogP contribution in [-0.4, -0.2) is 10.2 Å². The molecule has 0 spiro atoms. The SMILES string of the molecule is Cc1cc(Sc2cc(C)c(C(C)(C)C)cc2O)c(O)c(C(C)(C)C)c1. The molecule has 0 amide bonds. The van der Waals surface area contributed by atoms with Crippen LogP contribution in [0.1, 0.15) is 63.8 Å². The maximum atomic E-state index is 10.8. The van der Waals surface area contributed by atoms with Gasteiger partial charge in [-0.1, -0.05) is 59.4 Å². The highest BCUT2D eigenvalue weighted by Crippen LogP contribution is 2.45. The van der Waals surface area contributed by atoms with Crippen molar-refractivity contribution in [1.29, 1.82) is 0 Å². The maximum absolute atomic E-state index is 10.8. The van der Waals surface area contributed by atoms with E-state index in [0.29, 0.717) is 5.75 Å². The Morgan fingerprint density at radius 2 is 1.28 bits per heavy atom. The van der Waals surface area contributed by atoms with Gasteiger partial charge in [0.1, 0.15) is 11.5 Å². The number of rotatable bonds is 2. The summed E-state index contributed by atoms with van der Waals surface area (Å²) < 4.78 is 0. The van der Waals surface area contributed by atoms with Crippen molar-refractivity contribution in [2.24, 2.45) is 0 Å². The summed E-state index contributed by atoms with van der Waals surface area (Å²) in [6, 6.07) is 7.88. The highest BCUT2D eigenvalue weighted by atomic mass is 32.2. The van der Waals surface area contributed by atoms with Gasteiger partial charge in [0.05, 0.1) is 9.79 Å². The fourth-order valence-corrected chi connectivity index (χ4v) is 4.16. The minimum absolute atomic E-state index is 0.0182. The number of aryl methyl sites for hydroxylation is 2. The van der Waals surface area contributed by atoms with Crippen LogP contribution < -0.4 is 0 Å². The molecule has 3 heteroatoms. The summed E-state index contributed by atoms with van der Waals surface area (Å²) in [5, 5.41) is 21.3. The van der Waals surface area contributed by atoms with Crippen LogP contribution in [0.3, 0.4) is 0 Å². The molecule has 2 aromatic rings. The standard InChI is InChI=1S/C22H30O2S/c1-13-9-16(22(6,7)8)20(24)19(10-13)25-18-11-14(2)15(12-17(18)23)21(3,4)5/h9-12,23-24H,1-8H3. The lowest BCUT2D eigenvalue weighted by molar-refractivity contribution is 0.434. The number of benzene rings is 2. The molecule has 0 aliphatic carbocycles. The monoisotopic (exact) mass is 358 g/mol. The summed E-state index contributed by atoms with van der Waals surface area (Å²) in [4.78, 5) is 1.55. The first-order chi connectivity index (χ1) is 11.3. The summed E-state index contributed by atoms with van der Waals surface area (Å²) in [7, 11) is 0. The Hall–Kier alpha value is -1.61. The quantitative estimate of drug-likeness (QED) is 0.647. The number of aromatic hydroxyl groups is 2. The van der Waals surface area contributed by atoms with Crippen molar-refractivity contribution in [2.45, 2.75) is 76.0 Å². The van der Waals surface area contributed by atoms with E-state index in [0.717, 1.165) is 32.0 Å². The van der Waals surface area contributed by atoms with Gasteiger partial charge in [0.2, 0.25) is 0 Å². The molecule has 25 heavy (non-hydrogen) atoms. The van der Waals surface area contributed by atoms with Crippen molar-refractivity contribution in [3.8, 4) is 11.5 Å². The largest absolute Gasteiger partial charge is 0.507 e. The van der Waals surface area contributed by atoms with Gasteiger partial charge in [0.15, 0.2) is 0 Å². The molecule has 0 aliphatic rings. The van der Waals surface area contributed by atoms with Gasteiger partial charge in [0, 0.05) is 5.56 Å². The van der Waals surface area contributed by atoms with Gasteiger partial charge < -0.3 is 10.2 Å². The van der Waals surface area contributed by atoms with Crippen LogP contribution in [0.2, 0.25) is 0 Å². The van der Waals surface area contributed by atoms with E-state index in [2.05, 4.69) is 48.5 Å². The predicted octanol–water partition coefficient (Wildman–Crippen LogP) is 6.46. The Labute approximate surface area is 156 Å². The minimum atomic E-state index is -0.139. The molecule has 0 saturated carbocycles. The molecule has 2 nitrogen and oxygen atoms in total. The molecule has 0 atom stereocenters. The summed E-state index contributed by atoms with van der Waals surface area (Å²) in [6.45, 7) is 16.8. The fraction of sp³-hybridized carbons (Fsp3) is 0.455. The third kappa shape index (κ3) is 4.33. The molecular weight excluding hydrogens is 328 g/mol. The highest BCUT2D eigenvalue weighted by Gasteiger charge is 2.23. The van der Waals surface area contributed by atoms with E-state index in [1.807, 2.05) is 31.2 Å². The van der Waals surface area contributed by atoms with Gasteiger partial charge in [-0.15, -0.1) is 0 Å². The minimum Gasteiger partial charge on any atom is -0.507 e. The summed E-state index contributed by atoms with van der Waals surface area (Å²) in [6.07, 6.45) is 0. The van der Waals surface area contributed by atoms with E-state index in [1.54, 1.807) is 0 Å². The zero-order valence-electron chi connectivity index (χ0n) is 16.6. The molecule has 2 N–H and O–H groups in total. The Balaban J connectivity index is 2.51. The van der Waals surface area contributed by atoms with Crippen LogP contribution in [0.5, 0.6) is 11.5 Å². The Morgan fingerprint density at radius 1 is 0.720 bits per heavy atom. The number of hydrogen-bond donors (Lipinski definition) is 2. The maximum Gasteiger partial charge on any atom is 0.133 e. The second-order valence-corrected chi connectivity index (χ2v) is 9.98. The summed E-state index contributed by atoms with van der Waals surface area (Å²) in [5.41, 5.74) is 4.16. The van der Waals surface area contributed by atoms with Crippen LogP contribution in [0.15, 0.2) is 34.1 Å². The van der Waals surface area contributed by atoms with E-state index < -0.39 is 0 Å². The lowest BCUT2D eigenvalue weighted by Gasteiger charge is -2.24. The van der Waals surface area contributed by atoms with E-state index in [-0.39, 0.29) is 16.6 Å². The lowest BCUT2D eigenvalue weighted by Crippen LogP contribution is -2.13. The van der Waals surface area contributed by atoms with Crippen molar-refractivity contribution < 1.29 is 10.2 Å². The van der Waals surface area contributed by atoms with Gasteiger partial charge in [0.25, 0.3) is 0 Å². The average Bonchev–Trinajstić information content (AvgIpc) is 2.43. The molecule has 136 valence electrons. The highest BCUT2D eigenvalue weighted by molar-refractivity contribution is 7.99.